The van der Waals surface area contributed by atoms with Crippen LogP contribution in [0.2, 0.25) is 0 Å². The summed E-state index contributed by atoms with van der Waals surface area (Å²) in [6.45, 7) is 3.82. The molecule has 4 heteroatoms. The fourth-order valence-corrected chi connectivity index (χ4v) is 1.12. The molecule has 0 amide bonds. The standard InChI is InChI=1S/C8H12O4/c1-3-11-8(10)6-4-12-5(2)7(6)9/h5-6H,3-4H2,1-2H3. The van der Waals surface area contributed by atoms with Crippen LogP contribution in [0.4, 0.5) is 0 Å². The van der Waals surface area contributed by atoms with E-state index in [2.05, 4.69) is 0 Å². The second kappa shape index (κ2) is 3.67. The van der Waals surface area contributed by atoms with Gasteiger partial charge in [-0.3, -0.25) is 9.59 Å². The van der Waals surface area contributed by atoms with Crippen LogP contribution in [-0.2, 0) is 19.1 Å². The maximum Gasteiger partial charge on any atom is 0.318 e. The normalized spacial score (nSPS) is 29.0. The van der Waals surface area contributed by atoms with Gasteiger partial charge in [-0.2, -0.15) is 0 Å². The van der Waals surface area contributed by atoms with Gasteiger partial charge >= 0.3 is 5.97 Å². The number of ether oxygens (including phenoxy) is 2. The van der Waals surface area contributed by atoms with Crippen LogP contribution in [0.1, 0.15) is 13.8 Å². The Morgan fingerprint density at radius 2 is 2.42 bits per heavy atom. The summed E-state index contributed by atoms with van der Waals surface area (Å²) in [6, 6.07) is 0. The number of ketones is 1. The van der Waals surface area contributed by atoms with Crippen molar-refractivity contribution in [3.63, 3.8) is 0 Å². The molecule has 1 aliphatic heterocycles. The van der Waals surface area contributed by atoms with Gasteiger partial charge in [-0.25, -0.2) is 0 Å². The highest BCUT2D eigenvalue weighted by atomic mass is 16.5. The molecule has 0 aromatic rings. The van der Waals surface area contributed by atoms with Crippen LogP contribution in [0, 0.1) is 5.92 Å². The topological polar surface area (TPSA) is 52.6 Å². The Morgan fingerprint density at radius 3 is 2.83 bits per heavy atom. The molecule has 2 atom stereocenters. The van der Waals surface area contributed by atoms with Gasteiger partial charge in [-0.15, -0.1) is 0 Å². The molecule has 0 aromatic heterocycles. The van der Waals surface area contributed by atoms with Crippen molar-refractivity contribution >= 4 is 11.8 Å². The zero-order chi connectivity index (χ0) is 9.14. The van der Waals surface area contributed by atoms with E-state index in [-0.39, 0.29) is 12.4 Å². The summed E-state index contributed by atoms with van der Waals surface area (Å²) in [6.07, 6.45) is -0.459. The molecule has 0 saturated carbocycles. The average molecular weight is 172 g/mol. The number of Topliss-reactive ketones (excluding diaryl/α,β-unsaturated/α-hetero) is 1. The molecule has 12 heavy (non-hydrogen) atoms. The van der Waals surface area contributed by atoms with Gasteiger partial charge in [-0.05, 0) is 13.8 Å². The van der Waals surface area contributed by atoms with Gasteiger partial charge in [0.2, 0.25) is 0 Å². The highest BCUT2D eigenvalue weighted by molar-refractivity contribution is 6.02. The summed E-state index contributed by atoms with van der Waals surface area (Å²) in [5.41, 5.74) is 0. The zero-order valence-electron chi connectivity index (χ0n) is 7.20. The molecule has 0 bridgehead atoms. The fourth-order valence-electron chi connectivity index (χ4n) is 1.12. The van der Waals surface area contributed by atoms with Crippen LogP contribution in [0.5, 0.6) is 0 Å². The van der Waals surface area contributed by atoms with Crippen molar-refractivity contribution in [3.05, 3.63) is 0 Å². The molecule has 68 valence electrons. The fraction of sp³-hybridized carbons (Fsp3) is 0.750. The molecule has 0 aliphatic carbocycles. The van der Waals surface area contributed by atoms with Gasteiger partial charge in [0.15, 0.2) is 5.78 Å². The maximum atomic E-state index is 11.2. The maximum absolute atomic E-state index is 11.2. The van der Waals surface area contributed by atoms with Crippen molar-refractivity contribution in [1.82, 2.24) is 0 Å². The molecular weight excluding hydrogens is 160 g/mol. The zero-order valence-corrected chi connectivity index (χ0v) is 7.20. The van der Waals surface area contributed by atoms with Crippen LogP contribution in [0.25, 0.3) is 0 Å². The molecule has 0 radical (unpaired) electrons. The average Bonchev–Trinajstić information content (AvgIpc) is 2.34. The molecule has 1 saturated heterocycles. The van der Waals surface area contributed by atoms with E-state index in [9.17, 15) is 9.59 Å². The number of carbonyl (C=O) groups excluding carboxylic acids is 2. The van der Waals surface area contributed by atoms with Gasteiger partial charge < -0.3 is 9.47 Å². The molecule has 1 rings (SSSR count). The van der Waals surface area contributed by atoms with Crippen molar-refractivity contribution in [2.75, 3.05) is 13.2 Å². The van der Waals surface area contributed by atoms with Crippen molar-refractivity contribution in [2.24, 2.45) is 5.92 Å². The van der Waals surface area contributed by atoms with E-state index in [0.29, 0.717) is 6.61 Å². The van der Waals surface area contributed by atoms with Crippen molar-refractivity contribution in [2.45, 2.75) is 20.0 Å². The summed E-state index contributed by atoms with van der Waals surface area (Å²) in [5.74, 6) is -1.33. The highest BCUT2D eigenvalue weighted by Crippen LogP contribution is 2.16. The minimum absolute atomic E-state index is 0.166. The Bertz CT molecular complexity index is 199. The highest BCUT2D eigenvalue weighted by Gasteiger charge is 2.38. The van der Waals surface area contributed by atoms with Gasteiger partial charge in [0.25, 0.3) is 0 Å². The number of esters is 1. The predicted molar refractivity (Wildman–Crippen MR) is 40.5 cm³/mol. The third kappa shape index (κ3) is 1.64. The Kier molecular flexibility index (Phi) is 2.81. The van der Waals surface area contributed by atoms with E-state index in [1.807, 2.05) is 0 Å². The first-order valence-corrected chi connectivity index (χ1v) is 3.98. The first kappa shape index (κ1) is 9.19. The lowest BCUT2D eigenvalue weighted by molar-refractivity contribution is -0.150. The van der Waals surface area contributed by atoms with Gasteiger partial charge in [0.05, 0.1) is 13.2 Å². The molecule has 1 fully saturated rings. The van der Waals surface area contributed by atoms with E-state index < -0.39 is 18.0 Å². The number of carbonyl (C=O) groups is 2. The Morgan fingerprint density at radius 1 is 1.75 bits per heavy atom. The summed E-state index contributed by atoms with van der Waals surface area (Å²) in [5, 5.41) is 0. The summed E-state index contributed by atoms with van der Waals surface area (Å²) in [7, 11) is 0. The Balaban J connectivity index is 2.53. The molecular formula is C8H12O4. The van der Waals surface area contributed by atoms with Crippen LogP contribution in [-0.4, -0.2) is 31.1 Å². The number of hydrogen-bond donors (Lipinski definition) is 0. The third-order valence-electron chi connectivity index (χ3n) is 1.83. The summed E-state index contributed by atoms with van der Waals surface area (Å²) < 4.78 is 9.70. The van der Waals surface area contributed by atoms with Gasteiger partial charge in [0, 0.05) is 0 Å². The second-order valence-corrected chi connectivity index (χ2v) is 2.68. The monoisotopic (exact) mass is 172 g/mol. The summed E-state index contributed by atoms with van der Waals surface area (Å²) >= 11 is 0. The van der Waals surface area contributed by atoms with E-state index in [4.69, 9.17) is 9.47 Å². The molecule has 1 heterocycles. The first-order chi connectivity index (χ1) is 5.66. The number of rotatable bonds is 2. The van der Waals surface area contributed by atoms with Crippen LogP contribution in [0.3, 0.4) is 0 Å². The predicted octanol–water partition coefficient (Wildman–Crippen LogP) is 0.153. The van der Waals surface area contributed by atoms with Crippen LogP contribution < -0.4 is 0 Å². The lowest BCUT2D eigenvalue weighted by Gasteiger charge is -2.04. The van der Waals surface area contributed by atoms with Crippen molar-refractivity contribution in [3.8, 4) is 0 Å². The molecule has 0 spiro atoms. The van der Waals surface area contributed by atoms with E-state index in [1.165, 1.54) is 0 Å². The molecule has 0 N–H and O–H groups in total. The van der Waals surface area contributed by atoms with E-state index in [0.717, 1.165) is 0 Å². The van der Waals surface area contributed by atoms with Crippen LogP contribution >= 0.6 is 0 Å². The Hall–Kier alpha value is -0.900. The Labute approximate surface area is 70.8 Å². The molecule has 0 aromatic carbocycles. The van der Waals surface area contributed by atoms with E-state index in [1.54, 1.807) is 13.8 Å². The summed E-state index contributed by atoms with van der Waals surface area (Å²) in [4.78, 5) is 22.3. The van der Waals surface area contributed by atoms with Gasteiger partial charge in [-0.1, -0.05) is 0 Å². The van der Waals surface area contributed by atoms with Crippen molar-refractivity contribution < 1.29 is 19.1 Å². The number of hydrogen-bond acceptors (Lipinski definition) is 4. The van der Waals surface area contributed by atoms with Crippen molar-refractivity contribution in [1.29, 1.82) is 0 Å². The third-order valence-corrected chi connectivity index (χ3v) is 1.83. The SMILES string of the molecule is CCOC(=O)C1COC(C)C1=O. The molecule has 2 unspecified atom stereocenters. The molecule has 4 nitrogen and oxygen atoms in total. The quantitative estimate of drug-likeness (QED) is 0.439. The lowest BCUT2D eigenvalue weighted by atomic mass is 10.1. The molecule has 1 aliphatic rings. The first-order valence-electron chi connectivity index (χ1n) is 3.98. The van der Waals surface area contributed by atoms with Gasteiger partial charge in [0.1, 0.15) is 12.0 Å². The minimum atomic E-state index is -0.694. The minimum Gasteiger partial charge on any atom is -0.465 e. The van der Waals surface area contributed by atoms with E-state index >= 15 is 0 Å². The second-order valence-electron chi connectivity index (χ2n) is 2.68. The largest absolute Gasteiger partial charge is 0.465 e. The smallest absolute Gasteiger partial charge is 0.318 e. The lowest BCUT2D eigenvalue weighted by Crippen LogP contribution is -2.26. The van der Waals surface area contributed by atoms with Crippen LogP contribution in [0.15, 0.2) is 0 Å².